The zero-order chi connectivity index (χ0) is 12.8. The molecule has 0 aromatic heterocycles. The van der Waals surface area contributed by atoms with Crippen LogP contribution in [0, 0.1) is 22.5 Å². The van der Waals surface area contributed by atoms with Crippen LogP contribution in [0.4, 0.5) is 11.4 Å². The number of nitrogens with one attached hydrogen (secondary N) is 1. The van der Waals surface area contributed by atoms with Crippen molar-refractivity contribution in [3.05, 3.63) is 28.3 Å². The lowest BCUT2D eigenvalue weighted by Gasteiger charge is -2.12. The first-order valence-electron chi connectivity index (χ1n) is 5.17. The largest absolute Gasteiger partial charge is 0.484 e. The number of nitrogens with zero attached hydrogens (tertiary/aromatic N) is 1. The molecule has 0 spiro atoms. The number of hydrogen-bond acceptors (Lipinski definition) is 4. The Balaban J connectivity index is 3.13. The minimum atomic E-state index is -0.476. The molecule has 1 rings (SSSR count). The van der Waals surface area contributed by atoms with Gasteiger partial charge >= 0.3 is 5.69 Å². The third kappa shape index (κ3) is 3.38. The van der Waals surface area contributed by atoms with Crippen molar-refractivity contribution in [2.75, 3.05) is 11.9 Å². The molecule has 0 saturated carbocycles. The summed E-state index contributed by atoms with van der Waals surface area (Å²) in [6.45, 7) is 3.85. The van der Waals surface area contributed by atoms with Gasteiger partial charge < -0.3 is 10.1 Å². The Morgan fingerprint density at radius 3 is 2.82 bits per heavy atom. The van der Waals surface area contributed by atoms with Crippen LogP contribution in [0.15, 0.2) is 18.2 Å². The second-order valence-electron chi connectivity index (χ2n) is 3.63. The molecule has 0 aliphatic heterocycles. The molecule has 0 saturated heterocycles. The maximum atomic E-state index is 11.0. The van der Waals surface area contributed by atoms with E-state index in [-0.39, 0.29) is 24.1 Å². The van der Waals surface area contributed by atoms with E-state index >= 15 is 0 Å². The van der Waals surface area contributed by atoms with E-state index in [0.717, 1.165) is 0 Å². The SMILES string of the molecule is C#CCNc1cccc(OC(C)C)c1[N+](=O)[O-]. The van der Waals surface area contributed by atoms with E-state index in [1.165, 1.54) is 0 Å². The Labute approximate surface area is 99.9 Å². The molecule has 0 radical (unpaired) electrons. The van der Waals surface area contributed by atoms with Gasteiger partial charge in [-0.1, -0.05) is 12.0 Å². The molecular weight excluding hydrogens is 220 g/mol. The van der Waals surface area contributed by atoms with Crippen LogP contribution in [-0.2, 0) is 0 Å². The fourth-order valence-corrected chi connectivity index (χ4v) is 1.35. The van der Waals surface area contributed by atoms with Crippen LogP contribution >= 0.6 is 0 Å². The van der Waals surface area contributed by atoms with Gasteiger partial charge in [0.15, 0.2) is 5.75 Å². The van der Waals surface area contributed by atoms with Gasteiger partial charge in [-0.05, 0) is 26.0 Å². The summed E-state index contributed by atoms with van der Waals surface area (Å²) in [5, 5.41) is 13.8. The molecular formula is C12H14N2O3. The van der Waals surface area contributed by atoms with Crippen LogP contribution in [0.25, 0.3) is 0 Å². The Bertz CT molecular complexity index is 450. The smallest absolute Gasteiger partial charge is 0.333 e. The standard InChI is InChI=1S/C12H14N2O3/c1-4-8-13-10-6-5-7-11(17-9(2)3)12(10)14(15)16/h1,5-7,9,13H,8H2,2-3H3. The van der Waals surface area contributed by atoms with Crippen molar-refractivity contribution in [3.8, 4) is 18.1 Å². The minimum Gasteiger partial charge on any atom is -0.484 e. The summed E-state index contributed by atoms with van der Waals surface area (Å²) in [6.07, 6.45) is 4.98. The summed E-state index contributed by atoms with van der Waals surface area (Å²) < 4.78 is 5.39. The summed E-state index contributed by atoms with van der Waals surface area (Å²) >= 11 is 0. The van der Waals surface area contributed by atoms with Crippen molar-refractivity contribution in [1.82, 2.24) is 0 Å². The summed E-state index contributed by atoms with van der Waals surface area (Å²) in [4.78, 5) is 10.5. The number of terminal acetylenes is 1. The average Bonchev–Trinajstić information content (AvgIpc) is 2.25. The van der Waals surface area contributed by atoms with Crippen LogP contribution < -0.4 is 10.1 Å². The van der Waals surface area contributed by atoms with Gasteiger partial charge in [0, 0.05) is 0 Å². The molecule has 90 valence electrons. The fourth-order valence-electron chi connectivity index (χ4n) is 1.35. The number of rotatable bonds is 5. The first-order valence-corrected chi connectivity index (χ1v) is 5.17. The highest BCUT2D eigenvalue weighted by Crippen LogP contribution is 2.35. The molecule has 5 heteroatoms. The van der Waals surface area contributed by atoms with Crippen LogP contribution in [0.2, 0.25) is 0 Å². The monoisotopic (exact) mass is 234 g/mol. The molecule has 1 aromatic carbocycles. The van der Waals surface area contributed by atoms with E-state index in [2.05, 4.69) is 11.2 Å². The number of anilines is 1. The van der Waals surface area contributed by atoms with Gasteiger partial charge in [0.25, 0.3) is 0 Å². The van der Waals surface area contributed by atoms with E-state index in [4.69, 9.17) is 11.2 Å². The topological polar surface area (TPSA) is 64.4 Å². The molecule has 0 amide bonds. The van der Waals surface area contributed by atoms with E-state index in [9.17, 15) is 10.1 Å². The van der Waals surface area contributed by atoms with Crippen molar-refractivity contribution >= 4 is 11.4 Å². The van der Waals surface area contributed by atoms with E-state index in [0.29, 0.717) is 5.69 Å². The number of nitro benzene ring substituents is 1. The van der Waals surface area contributed by atoms with Gasteiger partial charge in [0.1, 0.15) is 5.69 Å². The number of nitro groups is 1. The van der Waals surface area contributed by atoms with Crippen molar-refractivity contribution in [3.63, 3.8) is 0 Å². The van der Waals surface area contributed by atoms with Crippen LogP contribution in [-0.4, -0.2) is 17.6 Å². The average molecular weight is 234 g/mol. The third-order valence-corrected chi connectivity index (χ3v) is 1.93. The normalized spacial score (nSPS) is 9.76. The molecule has 17 heavy (non-hydrogen) atoms. The molecule has 0 aliphatic carbocycles. The van der Waals surface area contributed by atoms with Crippen molar-refractivity contribution in [2.45, 2.75) is 20.0 Å². The zero-order valence-corrected chi connectivity index (χ0v) is 9.77. The van der Waals surface area contributed by atoms with Crippen LogP contribution in [0.5, 0.6) is 5.75 Å². The predicted molar refractivity (Wildman–Crippen MR) is 66.2 cm³/mol. The molecule has 5 nitrogen and oxygen atoms in total. The van der Waals surface area contributed by atoms with E-state index in [1.54, 1.807) is 18.2 Å². The summed E-state index contributed by atoms with van der Waals surface area (Å²) in [5.41, 5.74) is 0.280. The van der Waals surface area contributed by atoms with Gasteiger partial charge in [-0.25, -0.2) is 0 Å². The van der Waals surface area contributed by atoms with Crippen LogP contribution in [0.3, 0.4) is 0 Å². The highest BCUT2D eigenvalue weighted by atomic mass is 16.6. The van der Waals surface area contributed by atoms with Crippen molar-refractivity contribution < 1.29 is 9.66 Å². The maximum absolute atomic E-state index is 11.0. The Hall–Kier alpha value is -2.22. The predicted octanol–water partition coefficient (Wildman–Crippen LogP) is 2.43. The Kier molecular flexibility index (Phi) is 4.35. The second-order valence-corrected chi connectivity index (χ2v) is 3.63. The molecule has 1 aromatic rings. The highest BCUT2D eigenvalue weighted by molar-refractivity contribution is 5.68. The van der Waals surface area contributed by atoms with Crippen molar-refractivity contribution in [2.24, 2.45) is 0 Å². The first kappa shape index (κ1) is 12.8. The molecule has 0 unspecified atom stereocenters. The third-order valence-electron chi connectivity index (χ3n) is 1.93. The lowest BCUT2D eigenvalue weighted by atomic mass is 10.2. The second kappa shape index (κ2) is 5.75. The number of benzene rings is 1. The molecule has 0 atom stereocenters. The molecule has 0 heterocycles. The Morgan fingerprint density at radius 1 is 1.59 bits per heavy atom. The first-order chi connectivity index (χ1) is 8.06. The number of para-hydroxylation sites is 1. The quantitative estimate of drug-likeness (QED) is 0.482. The maximum Gasteiger partial charge on any atom is 0.333 e. The molecule has 0 aliphatic rings. The zero-order valence-electron chi connectivity index (χ0n) is 9.77. The summed E-state index contributed by atoms with van der Waals surface area (Å²) in [7, 11) is 0. The summed E-state index contributed by atoms with van der Waals surface area (Å²) in [6, 6.07) is 4.85. The highest BCUT2D eigenvalue weighted by Gasteiger charge is 2.21. The minimum absolute atomic E-state index is 0.0866. The molecule has 0 bridgehead atoms. The van der Waals surface area contributed by atoms with Gasteiger partial charge in [-0.15, -0.1) is 6.42 Å². The lowest BCUT2D eigenvalue weighted by Crippen LogP contribution is -2.09. The van der Waals surface area contributed by atoms with E-state index in [1.807, 2.05) is 13.8 Å². The van der Waals surface area contributed by atoms with Crippen LogP contribution in [0.1, 0.15) is 13.8 Å². The van der Waals surface area contributed by atoms with Gasteiger partial charge in [0.2, 0.25) is 0 Å². The molecule has 0 fully saturated rings. The fraction of sp³-hybridized carbons (Fsp3) is 0.333. The number of hydrogen-bond donors (Lipinski definition) is 1. The van der Waals surface area contributed by atoms with Crippen molar-refractivity contribution in [1.29, 1.82) is 0 Å². The Morgan fingerprint density at radius 2 is 2.29 bits per heavy atom. The van der Waals surface area contributed by atoms with Gasteiger partial charge in [-0.3, -0.25) is 10.1 Å². The lowest BCUT2D eigenvalue weighted by molar-refractivity contribution is -0.385. The van der Waals surface area contributed by atoms with E-state index < -0.39 is 4.92 Å². The van der Waals surface area contributed by atoms with Gasteiger partial charge in [-0.2, -0.15) is 0 Å². The number of ether oxygens (including phenoxy) is 1. The summed E-state index contributed by atoms with van der Waals surface area (Å²) in [5.74, 6) is 2.61. The van der Waals surface area contributed by atoms with Gasteiger partial charge in [0.05, 0.1) is 17.6 Å². The molecule has 1 N–H and O–H groups in total.